The van der Waals surface area contributed by atoms with Gasteiger partial charge in [-0.3, -0.25) is 0 Å². The molecular weight excluding hydrogens is 152 g/mol. The molecule has 0 saturated heterocycles. The van der Waals surface area contributed by atoms with Gasteiger partial charge in [-0.2, -0.15) is 4.98 Å². The van der Waals surface area contributed by atoms with Gasteiger partial charge in [-0.1, -0.05) is 32.9 Å². The fraction of sp³-hybridized carbons (Fsp3) is 0.778. The molecule has 1 aromatic rings. The summed E-state index contributed by atoms with van der Waals surface area (Å²) in [5, 5.41) is 3.90. The Morgan fingerprint density at radius 1 is 1.33 bits per heavy atom. The number of hydrogen-bond acceptors (Lipinski definition) is 3. The van der Waals surface area contributed by atoms with Crippen LogP contribution in [0.4, 0.5) is 0 Å². The van der Waals surface area contributed by atoms with Crippen molar-refractivity contribution in [3.8, 4) is 0 Å². The van der Waals surface area contributed by atoms with E-state index in [-0.39, 0.29) is 0 Å². The smallest absolute Gasteiger partial charge is 0.229 e. The zero-order valence-electron chi connectivity index (χ0n) is 8.16. The van der Waals surface area contributed by atoms with Crippen molar-refractivity contribution in [1.82, 2.24) is 10.1 Å². The van der Waals surface area contributed by atoms with Gasteiger partial charge in [0.2, 0.25) is 5.89 Å². The third-order valence-corrected chi connectivity index (χ3v) is 2.01. The van der Waals surface area contributed by atoms with E-state index in [1.165, 1.54) is 0 Å². The lowest BCUT2D eigenvalue weighted by atomic mass is 10.1. The zero-order chi connectivity index (χ0) is 9.14. The second-order valence-corrected chi connectivity index (χ2v) is 3.45. The first-order chi connectivity index (χ1) is 5.65. The normalized spacial score (nSPS) is 13.8. The average molecular weight is 168 g/mol. The van der Waals surface area contributed by atoms with Gasteiger partial charge in [0.1, 0.15) is 0 Å². The molecule has 68 valence electrons. The maximum absolute atomic E-state index is 5.12. The Morgan fingerprint density at radius 2 is 2.00 bits per heavy atom. The van der Waals surface area contributed by atoms with Crippen molar-refractivity contribution in [1.29, 1.82) is 0 Å². The molecule has 0 saturated carbocycles. The first kappa shape index (κ1) is 9.23. The lowest BCUT2D eigenvalue weighted by Crippen LogP contribution is -1.93. The molecule has 0 spiro atoms. The molecule has 12 heavy (non-hydrogen) atoms. The van der Waals surface area contributed by atoms with Crippen LogP contribution in [-0.2, 0) is 0 Å². The molecule has 1 aromatic heterocycles. The lowest BCUT2D eigenvalue weighted by molar-refractivity contribution is 0.351. The van der Waals surface area contributed by atoms with E-state index in [2.05, 4.69) is 37.8 Å². The molecule has 3 nitrogen and oxygen atoms in total. The second-order valence-electron chi connectivity index (χ2n) is 3.45. The molecule has 0 amide bonds. The third kappa shape index (κ3) is 1.84. The van der Waals surface area contributed by atoms with Crippen LogP contribution in [0.25, 0.3) is 0 Å². The van der Waals surface area contributed by atoms with Gasteiger partial charge in [0.15, 0.2) is 5.82 Å². The van der Waals surface area contributed by atoms with Gasteiger partial charge < -0.3 is 4.52 Å². The predicted octanol–water partition coefficient (Wildman–Crippen LogP) is 2.71. The van der Waals surface area contributed by atoms with E-state index in [1.807, 2.05) is 0 Å². The summed E-state index contributed by atoms with van der Waals surface area (Å²) in [6, 6.07) is 0. The van der Waals surface area contributed by atoms with Crippen LogP contribution in [0.15, 0.2) is 4.52 Å². The molecular formula is C9H16N2O. The van der Waals surface area contributed by atoms with Crippen molar-refractivity contribution in [3.63, 3.8) is 0 Å². The number of nitrogens with zero attached hydrogens (tertiary/aromatic N) is 2. The number of aromatic nitrogens is 2. The Morgan fingerprint density at radius 3 is 2.42 bits per heavy atom. The Hall–Kier alpha value is -0.860. The van der Waals surface area contributed by atoms with Crippen LogP contribution in [-0.4, -0.2) is 10.1 Å². The molecule has 0 radical (unpaired) electrons. The van der Waals surface area contributed by atoms with Gasteiger partial charge >= 0.3 is 0 Å². The van der Waals surface area contributed by atoms with Crippen molar-refractivity contribution in [2.45, 2.75) is 46.0 Å². The Kier molecular flexibility index (Phi) is 2.84. The molecule has 1 atom stereocenters. The van der Waals surface area contributed by atoms with Crippen LogP contribution in [0, 0.1) is 0 Å². The second kappa shape index (κ2) is 3.70. The molecule has 0 aliphatic heterocycles. The summed E-state index contributed by atoms with van der Waals surface area (Å²) in [7, 11) is 0. The Bertz CT molecular complexity index is 242. The van der Waals surface area contributed by atoms with Crippen molar-refractivity contribution in [2.75, 3.05) is 0 Å². The molecule has 0 N–H and O–H groups in total. The highest BCUT2D eigenvalue weighted by Crippen LogP contribution is 2.18. The van der Waals surface area contributed by atoms with Crippen LogP contribution < -0.4 is 0 Å². The van der Waals surface area contributed by atoms with E-state index < -0.39 is 0 Å². The average Bonchev–Trinajstić information content (AvgIpc) is 2.51. The molecule has 0 unspecified atom stereocenters. The maximum Gasteiger partial charge on any atom is 0.229 e. The van der Waals surface area contributed by atoms with Crippen molar-refractivity contribution in [2.24, 2.45) is 0 Å². The molecule has 1 heterocycles. The fourth-order valence-corrected chi connectivity index (χ4v) is 0.857. The molecule has 0 fully saturated rings. The Labute approximate surface area is 73.2 Å². The minimum Gasteiger partial charge on any atom is -0.339 e. The highest BCUT2D eigenvalue weighted by atomic mass is 16.5. The van der Waals surface area contributed by atoms with E-state index in [1.54, 1.807) is 0 Å². The van der Waals surface area contributed by atoms with Crippen LogP contribution in [0.1, 0.15) is 57.7 Å². The first-order valence-corrected chi connectivity index (χ1v) is 4.48. The van der Waals surface area contributed by atoms with Crippen LogP contribution in [0.5, 0.6) is 0 Å². The molecule has 0 aliphatic carbocycles. The van der Waals surface area contributed by atoms with Crippen molar-refractivity contribution >= 4 is 0 Å². The SMILES string of the molecule is CC[C@H](C)c1nc(C(C)C)no1. The summed E-state index contributed by atoms with van der Waals surface area (Å²) in [4.78, 5) is 4.30. The van der Waals surface area contributed by atoms with E-state index in [4.69, 9.17) is 4.52 Å². The van der Waals surface area contributed by atoms with Gasteiger partial charge in [-0.15, -0.1) is 0 Å². The monoisotopic (exact) mass is 168 g/mol. The van der Waals surface area contributed by atoms with Gasteiger partial charge in [-0.25, -0.2) is 0 Å². The third-order valence-electron chi connectivity index (χ3n) is 2.01. The first-order valence-electron chi connectivity index (χ1n) is 4.48. The largest absolute Gasteiger partial charge is 0.339 e. The van der Waals surface area contributed by atoms with Gasteiger partial charge in [0.05, 0.1) is 0 Å². The quantitative estimate of drug-likeness (QED) is 0.696. The van der Waals surface area contributed by atoms with E-state index in [9.17, 15) is 0 Å². The van der Waals surface area contributed by atoms with Gasteiger partial charge in [-0.05, 0) is 6.42 Å². The molecule has 3 heteroatoms. The fourth-order valence-electron chi connectivity index (χ4n) is 0.857. The van der Waals surface area contributed by atoms with Crippen LogP contribution in [0.3, 0.4) is 0 Å². The van der Waals surface area contributed by atoms with Crippen molar-refractivity contribution in [3.05, 3.63) is 11.7 Å². The minimum atomic E-state index is 0.353. The summed E-state index contributed by atoms with van der Waals surface area (Å²) in [6.45, 7) is 8.33. The predicted molar refractivity (Wildman–Crippen MR) is 47.1 cm³/mol. The standard InChI is InChI=1S/C9H16N2O/c1-5-7(4)9-10-8(6(2)3)11-12-9/h6-7H,5H2,1-4H3/t7-/m0/s1. The molecule has 1 rings (SSSR count). The summed E-state index contributed by atoms with van der Waals surface area (Å²) >= 11 is 0. The van der Waals surface area contributed by atoms with Gasteiger partial charge in [0.25, 0.3) is 0 Å². The van der Waals surface area contributed by atoms with E-state index in [0.29, 0.717) is 11.8 Å². The summed E-state index contributed by atoms with van der Waals surface area (Å²) in [6.07, 6.45) is 1.04. The zero-order valence-corrected chi connectivity index (χ0v) is 8.16. The lowest BCUT2D eigenvalue weighted by Gasteiger charge is -1.98. The Balaban J connectivity index is 2.77. The van der Waals surface area contributed by atoms with E-state index in [0.717, 1.165) is 18.1 Å². The maximum atomic E-state index is 5.12. The summed E-state index contributed by atoms with van der Waals surface area (Å²) < 4.78 is 5.12. The summed E-state index contributed by atoms with van der Waals surface area (Å²) in [5.41, 5.74) is 0. The number of rotatable bonds is 3. The highest BCUT2D eigenvalue weighted by Gasteiger charge is 2.13. The van der Waals surface area contributed by atoms with Gasteiger partial charge in [0, 0.05) is 11.8 Å². The topological polar surface area (TPSA) is 38.9 Å². The van der Waals surface area contributed by atoms with Crippen LogP contribution >= 0.6 is 0 Å². The van der Waals surface area contributed by atoms with Crippen molar-refractivity contribution < 1.29 is 4.52 Å². The molecule has 0 bridgehead atoms. The summed E-state index contributed by atoms with van der Waals surface area (Å²) in [5.74, 6) is 2.31. The number of hydrogen-bond donors (Lipinski definition) is 0. The molecule has 0 aromatic carbocycles. The van der Waals surface area contributed by atoms with E-state index >= 15 is 0 Å². The molecule has 0 aliphatic rings. The highest BCUT2D eigenvalue weighted by molar-refractivity contribution is 4.95. The van der Waals surface area contributed by atoms with Crippen LogP contribution in [0.2, 0.25) is 0 Å². The minimum absolute atomic E-state index is 0.353.